The average Bonchev–Trinajstić information content (AvgIpc) is 0.918. The molecule has 29 valence electrons. The van der Waals surface area contributed by atoms with E-state index < -0.39 is 0 Å². The number of hydrogen-bond donors (Lipinski definition) is 0. The van der Waals surface area contributed by atoms with Gasteiger partial charge in [0.05, 0.1) is 0 Å². The molecular formula is PdReS2. The van der Waals surface area contributed by atoms with Crippen LogP contribution in [0.1, 0.15) is 0 Å². The first-order chi connectivity index (χ1) is 1.41. The van der Waals surface area contributed by atoms with Crippen molar-refractivity contribution in [2.75, 3.05) is 0 Å². The molecule has 0 nitrogen and oxygen atoms in total. The van der Waals surface area contributed by atoms with Crippen molar-refractivity contribution >= 4 is 19.9 Å². The third-order valence-electron chi connectivity index (χ3n) is 0. The van der Waals surface area contributed by atoms with E-state index in [1.807, 2.05) is 0 Å². The first kappa shape index (κ1) is 9.23. The Bertz CT molecular complexity index is 27.0. The van der Waals surface area contributed by atoms with Crippen molar-refractivity contribution in [1.29, 1.82) is 0 Å². The summed E-state index contributed by atoms with van der Waals surface area (Å²) in [6, 6.07) is 0. The molecular weight excluding hydrogens is 357 g/mol. The van der Waals surface area contributed by atoms with Gasteiger partial charge in [0.15, 0.2) is 0 Å². The third kappa shape index (κ3) is 9.24. The van der Waals surface area contributed by atoms with Gasteiger partial charge in [0.25, 0.3) is 0 Å². The molecule has 0 aliphatic rings. The Kier molecular flexibility index (Phi) is 20.4. The molecule has 0 atom stereocenters. The second kappa shape index (κ2) is 8.83. The van der Waals surface area contributed by atoms with Crippen LogP contribution in [0.2, 0.25) is 0 Å². The molecule has 0 rings (SSSR count). The van der Waals surface area contributed by atoms with Crippen LogP contribution in [-0.2, 0) is 34.8 Å². The van der Waals surface area contributed by atoms with E-state index in [0.717, 1.165) is 0 Å². The van der Waals surface area contributed by atoms with Crippen molar-refractivity contribution in [2.24, 2.45) is 0 Å². The van der Waals surface area contributed by atoms with Gasteiger partial charge in [-0.15, -0.1) is 0 Å². The minimum atomic E-state index is 0. The van der Waals surface area contributed by atoms with Crippen LogP contribution in [0.15, 0.2) is 0 Å². The molecule has 0 spiro atoms. The molecule has 0 amide bonds. The van der Waals surface area contributed by atoms with Crippen LogP contribution in [-0.4, -0.2) is 0 Å². The van der Waals surface area contributed by atoms with Crippen molar-refractivity contribution in [3.05, 3.63) is 0 Å². The molecule has 0 N–H and O–H groups in total. The van der Waals surface area contributed by atoms with Crippen molar-refractivity contribution in [2.45, 2.75) is 0 Å². The van der Waals surface area contributed by atoms with E-state index in [4.69, 9.17) is 0 Å². The molecule has 0 bridgehead atoms. The molecule has 0 heterocycles. The predicted octanol–water partition coefficient (Wildman–Crippen LogP) is 1.29. The van der Waals surface area contributed by atoms with Crippen molar-refractivity contribution in [1.82, 2.24) is 0 Å². The monoisotopic (exact) mass is 357 g/mol. The topological polar surface area (TPSA) is 0 Å². The Morgan fingerprint density at radius 2 is 1.25 bits per heavy atom. The summed E-state index contributed by atoms with van der Waals surface area (Å²) in [7, 11) is 8.52. The molecule has 0 aromatic rings. The minimum absolute atomic E-state index is 0. The van der Waals surface area contributed by atoms with Crippen molar-refractivity contribution < 1.29 is 34.8 Å². The maximum absolute atomic E-state index is 4.26. The Balaban J connectivity index is 0. The summed E-state index contributed by atoms with van der Waals surface area (Å²) in [5.74, 6) is 0. The van der Waals surface area contributed by atoms with Gasteiger partial charge in [0.1, 0.15) is 0 Å². The quantitative estimate of drug-likeness (QED) is 0.600. The third-order valence-corrected chi connectivity index (χ3v) is 0. The summed E-state index contributed by atoms with van der Waals surface area (Å²) in [5.41, 5.74) is 0. The SMILES string of the molecule is [Re].[S]=[Pd]=[S]. The standard InChI is InChI=1S/Pd.Re.2S. The van der Waals surface area contributed by atoms with E-state index in [9.17, 15) is 0 Å². The van der Waals surface area contributed by atoms with E-state index in [1.165, 1.54) is 0 Å². The first-order valence-electron chi connectivity index (χ1n) is 0.258. The molecule has 0 saturated heterocycles. The van der Waals surface area contributed by atoms with Crippen LogP contribution < -0.4 is 0 Å². The van der Waals surface area contributed by atoms with Crippen molar-refractivity contribution in [3.63, 3.8) is 0 Å². The van der Waals surface area contributed by atoms with Gasteiger partial charge >= 0.3 is 34.3 Å². The van der Waals surface area contributed by atoms with Crippen LogP contribution in [0.5, 0.6) is 0 Å². The van der Waals surface area contributed by atoms with Gasteiger partial charge in [-0.1, -0.05) is 0 Å². The number of rotatable bonds is 0. The predicted molar refractivity (Wildman–Crippen MR) is 15.2 cm³/mol. The van der Waals surface area contributed by atoms with Crippen LogP contribution >= 0.6 is 19.9 Å². The van der Waals surface area contributed by atoms with E-state index in [0.29, 0.717) is 0 Å². The zero-order valence-electron chi connectivity index (χ0n) is 1.51. The van der Waals surface area contributed by atoms with E-state index in [1.54, 1.807) is 0 Å². The van der Waals surface area contributed by atoms with E-state index in [-0.39, 0.29) is 34.8 Å². The molecule has 0 aliphatic carbocycles. The first-order valence-corrected chi connectivity index (χ1v) is 4.58. The number of hydrogen-bond acceptors (Lipinski definition) is 2. The molecule has 1 radical (unpaired) electrons. The fourth-order valence-corrected chi connectivity index (χ4v) is 0. The molecule has 4 heteroatoms. The van der Waals surface area contributed by atoms with Crippen molar-refractivity contribution in [3.8, 4) is 0 Å². The van der Waals surface area contributed by atoms with E-state index >= 15 is 0 Å². The molecule has 0 aromatic carbocycles. The van der Waals surface area contributed by atoms with Gasteiger partial charge in [-0.2, -0.15) is 0 Å². The second-order valence-electron chi connectivity index (χ2n) is 0.0527. The van der Waals surface area contributed by atoms with Gasteiger partial charge in [0, 0.05) is 20.4 Å². The van der Waals surface area contributed by atoms with E-state index in [2.05, 4.69) is 19.9 Å². The summed E-state index contributed by atoms with van der Waals surface area (Å²) in [5, 5.41) is 0. The van der Waals surface area contributed by atoms with Crippen LogP contribution in [0.25, 0.3) is 0 Å². The maximum atomic E-state index is 4.26. The average molecular weight is 357 g/mol. The Morgan fingerprint density at radius 3 is 1.25 bits per heavy atom. The fraction of sp³-hybridized carbons (Fsp3) is 0. The summed E-state index contributed by atoms with van der Waals surface area (Å²) < 4.78 is 0. The van der Waals surface area contributed by atoms with Gasteiger partial charge in [-0.05, 0) is 0 Å². The molecule has 0 aliphatic heterocycles. The zero-order chi connectivity index (χ0) is 2.71. The fourth-order valence-electron chi connectivity index (χ4n) is 0. The van der Waals surface area contributed by atoms with Gasteiger partial charge in [0.2, 0.25) is 0 Å². The Labute approximate surface area is 54.2 Å². The van der Waals surface area contributed by atoms with Crippen LogP contribution in [0.4, 0.5) is 0 Å². The zero-order valence-corrected chi connectivity index (χ0v) is 7.41. The van der Waals surface area contributed by atoms with Crippen LogP contribution in [0.3, 0.4) is 0 Å². The molecule has 0 unspecified atom stereocenters. The van der Waals surface area contributed by atoms with Gasteiger partial charge in [-0.25, -0.2) is 0 Å². The summed E-state index contributed by atoms with van der Waals surface area (Å²) in [6.45, 7) is 0. The van der Waals surface area contributed by atoms with Crippen LogP contribution in [0, 0.1) is 0 Å². The molecule has 0 saturated carbocycles. The van der Waals surface area contributed by atoms with Gasteiger partial charge in [-0.3, -0.25) is 0 Å². The Morgan fingerprint density at radius 1 is 1.25 bits per heavy atom. The second-order valence-corrected chi connectivity index (χ2v) is 2.81. The molecule has 0 fully saturated rings. The Hall–Kier alpha value is 1.76. The molecule has 4 heavy (non-hydrogen) atoms. The molecule has 0 aromatic heterocycles. The summed E-state index contributed by atoms with van der Waals surface area (Å²) in [6.07, 6.45) is 0. The summed E-state index contributed by atoms with van der Waals surface area (Å²) in [4.78, 5) is 0. The normalized spacial score (nSPS) is 5.00. The summed E-state index contributed by atoms with van der Waals surface area (Å²) >= 11 is 0.117. The van der Waals surface area contributed by atoms with Gasteiger partial charge < -0.3 is 0 Å².